The first-order valence-electron chi connectivity index (χ1n) is 7.52. The van der Waals surface area contributed by atoms with Gasteiger partial charge < -0.3 is 10.5 Å². The molecule has 1 unspecified atom stereocenters. The molecule has 5 heteroatoms. The van der Waals surface area contributed by atoms with Crippen molar-refractivity contribution in [3.63, 3.8) is 0 Å². The van der Waals surface area contributed by atoms with Crippen LogP contribution >= 0.6 is 0 Å². The number of hydrogen-bond donors (Lipinski definition) is 1. The maximum Gasteiger partial charge on any atom is 0.216 e. The Balaban J connectivity index is 2.34. The third kappa shape index (κ3) is 2.99. The third-order valence-electron chi connectivity index (χ3n) is 3.96. The van der Waals surface area contributed by atoms with Crippen molar-refractivity contribution in [3.05, 3.63) is 11.3 Å². The molecule has 0 bridgehead atoms. The molecule has 1 saturated carbocycles. The fraction of sp³-hybridized carbons (Fsp3) is 0.800. The van der Waals surface area contributed by atoms with Gasteiger partial charge in [0.2, 0.25) is 5.88 Å². The fourth-order valence-electron chi connectivity index (χ4n) is 3.06. The summed E-state index contributed by atoms with van der Waals surface area (Å²) in [5.41, 5.74) is 8.29. The summed E-state index contributed by atoms with van der Waals surface area (Å²) in [6, 6.07) is 0.879. The predicted octanol–water partition coefficient (Wildman–Crippen LogP) is 1.86. The van der Waals surface area contributed by atoms with Gasteiger partial charge in [0.15, 0.2) is 0 Å². The lowest BCUT2D eigenvalue weighted by Gasteiger charge is -2.32. The monoisotopic (exact) mass is 280 g/mol. The number of methoxy groups -OCH3 is 1. The number of aromatic nitrogens is 2. The molecule has 0 aromatic carbocycles. The largest absolute Gasteiger partial charge is 0.481 e. The second-order valence-electron chi connectivity index (χ2n) is 6.21. The van der Waals surface area contributed by atoms with Crippen molar-refractivity contribution in [2.24, 2.45) is 18.7 Å². The molecular formula is C15H28N4O. The molecule has 1 aromatic rings. The lowest BCUT2D eigenvalue weighted by molar-refractivity contribution is 0.166. The first-order valence-corrected chi connectivity index (χ1v) is 7.52. The average Bonchev–Trinajstić information content (AvgIpc) is 3.16. The molecule has 0 spiro atoms. The number of nitrogens with two attached hydrogens (primary N) is 1. The second kappa shape index (κ2) is 6.14. The Morgan fingerprint density at radius 3 is 2.55 bits per heavy atom. The van der Waals surface area contributed by atoms with Gasteiger partial charge in [-0.15, -0.1) is 0 Å². The Hall–Kier alpha value is -1.07. The van der Waals surface area contributed by atoms with Crippen molar-refractivity contribution in [1.82, 2.24) is 14.7 Å². The summed E-state index contributed by atoms with van der Waals surface area (Å²) in [6.45, 7) is 8.24. The molecule has 1 aromatic heterocycles. The highest BCUT2D eigenvalue weighted by molar-refractivity contribution is 5.35. The zero-order chi connectivity index (χ0) is 14.9. The van der Waals surface area contributed by atoms with Gasteiger partial charge in [0.1, 0.15) is 0 Å². The van der Waals surface area contributed by atoms with Crippen molar-refractivity contribution in [1.29, 1.82) is 0 Å². The number of nitrogens with zero attached hydrogens (tertiary/aromatic N) is 3. The summed E-state index contributed by atoms with van der Waals surface area (Å²) in [5.74, 6) is 1.47. The smallest absolute Gasteiger partial charge is 0.216 e. The minimum absolute atomic E-state index is 0.202. The number of ether oxygens (including phenoxy) is 1. The molecular weight excluding hydrogens is 252 g/mol. The standard InChI is InChI=1S/C15H28N4O/c1-10(2)9-19(12-6-7-12)13(8-16)14-11(3)17-18(4)15(14)20-5/h10,12-13H,6-9,16H2,1-5H3. The first-order chi connectivity index (χ1) is 9.49. The van der Waals surface area contributed by atoms with Gasteiger partial charge in [0.25, 0.3) is 0 Å². The van der Waals surface area contributed by atoms with Gasteiger partial charge >= 0.3 is 0 Å². The fourth-order valence-corrected chi connectivity index (χ4v) is 3.06. The van der Waals surface area contributed by atoms with Gasteiger partial charge in [-0.05, 0) is 25.7 Å². The summed E-state index contributed by atoms with van der Waals surface area (Å²) >= 11 is 0. The van der Waals surface area contributed by atoms with Crippen LogP contribution in [0.4, 0.5) is 0 Å². The molecule has 2 rings (SSSR count). The molecule has 0 aliphatic heterocycles. The highest BCUT2D eigenvalue weighted by Gasteiger charge is 2.37. The topological polar surface area (TPSA) is 56.3 Å². The Bertz CT molecular complexity index is 451. The zero-order valence-corrected chi connectivity index (χ0v) is 13.4. The Kier molecular flexibility index (Phi) is 4.70. The number of rotatable bonds is 7. The van der Waals surface area contributed by atoms with E-state index in [2.05, 4.69) is 23.8 Å². The van der Waals surface area contributed by atoms with Crippen LogP contribution in [0.15, 0.2) is 0 Å². The maximum absolute atomic E-state index is 6.11. The van der Waals surface area contributed by atoms with Gasteiger partial charge in [-0.3, -0.25) is 4.90 Å². The maximum atomic E-state index is 6.11. The normalized spacial score (nSPS) is 17.0. The molecule has 1 fully saturated rings. The first kappa shape index (κ1) is 15.3. The SMILES string of the molecule is COc1c(C(CN)N(CC(C)C)C2CC2)c(C)nn1C. The second-order valence-corrected chi connectivity index (χ2v) is 6.21. The van der Waals surface area contributed by atoms with Gasteiger partial charge in [0.05, 0.1) is 24.4 Å². The van der Waals surface area contributed by atoms with Crippen LogP contribution in [0.3, 0.4) is 0 Å². The highest BCUT2D eigenvalue weighted by Crippen LogP contribution is 2.38. The number of aryl methyl sites for hydroxylation is 2. The van der Waals surface area contributed by atoms with Crippen molar-refractivity contribution >= 4 is 0 Å². The highest BCUT2D eigenvalue weighted by atomic mass is 16.5. The predicted molar refractivity (Wildman–Crippen MR) is 80.9 cm³/mol. The molecule has 1 aliphatic rings. The molecule has 2 N–H and O–H groups in total. The van der Waals surface area contributed by atoms with Gasteiger partial charge in [-0.2, -0.15) is 5.10 Å². The van der Waals surface area contributed by atoms with E-state index in [0.29, 0.717) is 18.5 Å². The molecule has 5 nitrogen and oxygen atoms in total. The van der Waals surface area contributed by atoms with E-state index in [-0.39, 0.29) is 6.04 Å². The van der Waals surface area contributed by atoms with Crippen LogP contribution in [0, 0.1) is 12.8 Å². The molecule has 20 heavy (non-hydrogen) atoms. The van der Waals surface area contributed by atoms with Gasteiger partial charge in [-0.1, -0.05) is 13.8 Å². The summed E-state index contributed by atoms with van der Waals surface area (Å²) in [6.07, 6.45) is 2.57. The van der Waals surface area contributed by atoms with Gasteiger partial charge in [0, 0.05) is 26.2 Å². The summed E-state index contributed by atoms with van der Waals surface area (Å²) < 4.78 is 7.37. The summed E-state index contributed by atoms with van der Waals surface area (Å²) in [5, 5.41) is 4.50. The number of hydrogen-bond acceptors (Lipinski definition) is 4. The Morgan fingerprint density at radius 2 is 2.10 bits per heavy atom. The molecule has 1 atom stereocenters. The molecule has 114 valence electrons. The van der Waals surface area contributed by atoms with Crippen molar-refractivity contribution in [2.75, 3.05) is 20.2 Å². The minimum Gasteiger partial charge on any atom is -0.481 e. The molecule has 1 heterocycles. The van der Waals surface area contributed by atoms with E-state index in [9.17, 15) is 0 Å². The van der Waals surface area contributed by atoms with Crippen LogP contribution in [0.1, 0.15) is 44.0 Å². The molecule has 0 amide bonds. The molecule has 0 saturated heterocycles. The van der Waals surface area contributed by atoms with Crippen LogP contribution in [0.25, 0.3) is 0 Å². The summed E-state index contributed by atoms with van der Waals surface area (Å²) in [4.78, 5) is 2.55. The third-order valence-corrected chi connectivity index (χ3v) is 3.96. The van der Waals surface area contributed by atoms with E-state index in [4.69, 9.17) is 10.5 Å². The van der Waals surface area contributed by atoms with Crippen molar-refractivity contribution < 1.29 is 4.74 Å². The van der Waals surface area contributed by atoms with E-state index in [1.54, 1.807) is 7.11 Å². The van der Waals surface area contributed by atoms with Crippen molar-refractivity contribution in [3.8, 4) is 5.88 Å². The van der Waals surface area contributed by atoms with E-state index in [0.717, 1.165) is 23.7 Å². The lowest BCUT2D eigenvalue weighted by atomic mass is 10.0. The van der Waals surface area contributed by atoms with Crippen molar-refractivity contribution in [2.45, 2.75) is 45.7 Å². The minimum atomic E-state index is 0.202. The van der Waals surface area contributed by atoms with Crippen LogP contribution < -0.4 is 10.5 Å². The quantitative estimate of drug-likeness (QED) is 0.828. The van der Waals surface area contributed by atoms with Crippen LogP contribution in [-0.2, 0) is 7.05 Å². The van der Waals surface area contributed by atoms with E-state index in [1.807, 2.05) is 18.7 Å². The van der Waals surface area contributed by atoms with E-state index >= 15 is 0 Å². The Labute approximate surface area is 122 Å². The summed E-state index contributed by atoms with van der Waals surface area (Å²) in [7, 11) is 3.63. The van der Waals surface area contributed by atoms with Crippen LogP contribution in [-0.4, -0.2) is 40.9 Å². The van der Waals surface area contributed by atoms with Gasteiger partial charge in [-0.25, -0.2) is 4.68 Å². The van der Waals surface area contributed by atoms with Crippen LogP contribution in [0.2, 0.25) is 0 Å². The lowest BCUT2D eigenvalue weighted by Crippen LogP contribution is -2.38. The average molecular weight is 280 g/mol. The Morgan fingerprint density at radius 1 is 1.45 bits per heavy atom. The zero-order valence-electron chi connectivity index (χ0n) is 13.4. The van der Waals surface area contributed by atoms with E-state index < -0.39 is 0 Å². The van der Waals surface area contributed by atoms with Crippen LogP contribution in [0.5, 0.6) is 5.88 Å². The molecule has 0 radical (unpaired) electrons. The molecule has 1 aliphatic carbocycles. The van der Waals surface area contributed by atoms with E-state index in [1.165, 1.54) is 12.8 Å².